The monoisotopic (exact) mass is 280 g/mol. The minimum Gasteiger partial charge on any atom is -0.353 e. The SMILES string of the molecule is CCC1CCC(NC(=O)CC2CCC(CN)CC2)CC1. The molecule has 2 saturated carbocycles. The maximum atomic E-state index is 12.1. The number of hydrogen-bond acceptors (Lipinski definition) is 2. The molecule has 0 bridgehead atoms. The van der Waals surface area contributed by atoms with Gasteiger partial charge in [-0.05, 0) is 75.7 Å². The number of nitrogens with two attached hydrogens (primary N) is 1. The zero-order valence-corrected chi connectivity index (χ0v) is 13.1. The van der Waals surface area contributed by atoms with Crippen LogP contribution in [0.5, 0.6) is 0 Å². The summed E-state index contributed by atoms with van der Waals surface area (Å²) in [6.07, 6.45) is 11.8. The lowest BCUT2D eigenvalue weighted by Gasteiger charge is -2.30. The molecule has 2 aliphatic rings. The highest BCUT2D eigenvalue weighted by Crippen LogP contribution is 2.30. The van der Waals surface area contributed by atoms with Gasteiger partial charge in [0.15, 0.2) is 0 Å². The number of rotatable bonds is 5. The van der Waals surface area contributed by atoms with Gasteiger partial charge < -0.3 is 11.1 Å². The second-order valence-electron chi connectivity index (χ2n) is 7.02. The maximum absolute atomic E-state index is 12.1. The molecule has 0 heterocycles. The van der Waals surface area contributed by atoms with Gasteiger partial charge in [0.1, 0.15) is 0 Å². The molecule has 2 rings (SSSR count). The standard InChI is InChI=1S/C17H32N2O/c1-2-13-7-9-16(10-8-13)19-17(20)11-14-3-5-15(12-18)6-4-14/h13-16H,2-12,18H2,1H3,(H,19,20). The highest BCUT2D eigenvalue weighted by atomic mass is 16.1. The van der Waals surface area contributed by atoms with Crippen molar-refractivity contribution in [2.24, 2.45) is 23.5 Å². The van der Waals surface area contributed by atoms with E-state index < -0.39 is 0 Å². The van der Waals surface area contributed by atoms with Gasteiger partial charge in [0.2, 0.25) is 5.91 Å². The Morgan fingerprint density at radius 3 is 2.05 bits per heavy atom. The van der Waals surface area contributed by atoms with Crippen molar-refractivity contribution in [3.63, 3.8) is 0 Å². The fourth-order valence-corrected chi connectivity index (χ4v) is 3.94. The maximum Gasteiger partial charge on any atom is 0.220 e. The highest BCUT2D eigenvalue weighted by molar-refractivity contribution is 5.76. The van der Waals surface area contributed by atoms with E-state index in [-0.39, 0.29) is 0 Å². The molecule has 0 radical (unpaired) electrons. The van der Waals surface area contributed by atoms with Crippen molar-refractivity contribution in [3.8, 4) is 0 Å². The molecule has 2 fully saturated rings. The molecular formula is C17H32N2O. The Hall–Kier alpha value is -0.570. The molecule has 0 unspecified atom stereocenters. The number of nitrogens with one attached hydrogen (secondary N) is 1. The van der Waals surface area contributed by atoms with E-state index in [0.717, 1.165) is 18.9 Å². The first-order chi connectivity index (χ1) is 9.71. The zero-order chi connectivity index (χ0) is 14.4. The predicted octanol–water partition coefficient (Wildman–Crippen LogP) is 3.23. The van der Waals surface area contributed by atoms with Crippen LogP contribution in [0.15, 0.2) is 0 Å². The summed E-state index contributed by atoms with van der Waals surface area (Å²) >= 11 is 0. The van der Waals surface area contributed by atoms with Crippen molar-refractivity contribution in [2.75, 3.05) is 6.54 Å². The quantitative estimate of drug-likeness (QED) is 0.812. The summed E-state index contributed by atoms with van der Waals surface area (Å²) in [7, 11) is 0. The fraction of sp³-hybridized carbons (Fsp3) is 0.941. The van der Waals surface area contributed by atoms with E-state index in [2.05, 4.69) is 12.2 Å². The molecule has 0 aliphatic heterocycles. The topological polar surface area (TPSA) is 55.1 Å². The van der Waals surface area contributed by atoms with Crippen LogP contribution >= 0.6 is 0 Å². The Labute approximate surface area is 124 Å². The van der Waals surface area contributed by atoms with Gasteiger partial charge in [-0.3, -0.25) is 4.79 Å². The molecule has 3 nitrogen and oxygen atoms in total. The van der Waals surface area contributed by atoms with Crippen molar-refractivity contribution in [1.82, 2.24) is 5.32 Å². The zero-order valence-electron chi connectivity index (χ0n) is 13.1. The lowest BCUT2D eigenvalue weighted by molar-refractivity contribution is -0.123. The molecule has 116 valence electrons. The van der Waals surface area contributed by atoms with Gasteiger partial charge in [0.25, 0.3) is 0 Å². The van der Waals surface area contributed by atoms with Crippen LogP contribution in [-0.4, -0.2) is 18.5 Å². The van der Waals surface area contributed by atoms with Crippen LogP contribution in [-0.2, 0) is 4.79 Å². The molecule has 20 heavy (non-hydrogen) atoms. The van der Waals surface area contributed by atoms with Crippen molar-refractivity contribution >= 4 is 5.91 Å². The van der Waals surface area contributed by atoms with E-state index in [1.54, 1.807) is 0 Å². The molecule has 0 aromatic heterocycles. The number of carbonyl (C=O) groups excluding carboxylic acids is 1. The molecular weight excluding hydrogens is 248 g/mol. The first-order valence-corrected chi connectivity index (χ1v) is 8.70. The second kappa shape index (κ2) is 8.02. The molecule has 3 heteroatoms. The summed E-state index contributed by atoms with van der Waals surface area (Å²) in [6.45, 7) is 3.10. The van der Waals surface area contributed by atoms with Crippen molar-refractivity contribution < 1.29 is 4.79 Å². The molecule has 1 amide bonds. The summed E-state index contributed by atoms with van der Waals surface area (Å²) < 4.78 is 0. The van der Waals surface area contributed by atoms with Gasteiger partial charge in [-0.1, -0.05) is 13.3 Å². The van der Waals surface area contributed by atoms with E-state index in [9.17, 15) is 4.79 Å². The van der Waals surface area contributed by atoms with Crippen molar-refractivity contribution in [3.05, 3.63) is 0 Å². The van der Waals surface area contributed by atoms with Crippen LogP contribution in [0.2, 0.25) is 0 Å². The summed E-state index contributed by atoms with van der Waals surface area (Å²) in [5.41, 5.74) is 5.72. The summed E-state index contributed by atoms with van der Waals surface area (Å²) in [4.78, 5) is 12.1. The Morgan fingerprint density at radius 1 is 0.950 bits per heavy atom. The van der Waals surface area contributed by atoms with E-state index in [4.69, 9.17) is 5.73 Å². The van der Waals surface area contributed by atoms with Crippen molar-refractivity contribution in [2.45, 2.75) is 77.2 Å². The molecule has 3 N–H and O–H groups in total. The van der Waals surface area contributed by atoms with Gasteiger partial charge in [0.05, 0.1) is 0 Å². The van der Waals surface area contributed by atoms with Gasteiger partial charge in [-0.2, -0.15) is 0 Å². The first-order valence-electron chi connectivity index (χ1n) is 8.70. The van der Waals surface area contributed by atoms with Gasteiger partial charge in [-0.25, -0.2) is 0 Å². The van der Waals surface area contributed by atoms with Gasteiger partial charge in [0, 0.05) is 12.5 Å². The van der Waals surface area contributed by atoms with Crippen LogP contribution < -0.4 is 11.1 Å². The Morgan fingerprint density at radius 2 is 1.50 bits per heavy atom. The van der Waals surface area contributed by atoms with E-state index in [1.165, 1.54) is 57.8 Å². The molecule has 0 aromatic carbocycles. The molecule has 0 aromatic rings. The lowest BCUT2D eigenvalue weighted by atomic mass is 9.80. The van der Waals surface area contributed by atoms with E-state index in [0.29, 0.717) is 23.8 Å². The number of carbonyl (C=O) groups is 1. The third-order valence-corrected chi connectivity index (χ3v) is 5.56. The Kier molecular flexibility index (Phi) is 6.34. The summed E-state index contributed by atoms with van der Waals surface area (Å²) in [6, 6.07) is 0.450. The molecule has 0 saturated heterocycles. The van der Waals surface area contributed by atoms with E-state index >= 15 is 0 Å². The van der Waals surface area contributed by atoms with E-state index in [1.807, 2.05) is 0 Å². The lowest BCUT2D eigenvalue weighted by Crippen LogP contribution is -2.38. The number of hydrogen-bond donors (Lipinski definition) is 2. The van der Waals surface area contributed by atoms with Crippen LogP contribution in [0.1, 0.15) is 71.1 Å². The summed E-state index contributed by atoms with van der Waals surface area (Å²) in [5.74, 6) is 2.50. The van der Waals surface area contributed by atoms with Crippen LogP contribution in [0, 0.1) is 17.8 Å². The van der Waals surface area contributed by atoms with Crippen molar-refractivity contribution in [1.29, 1.82) is 0 Å². The molecule has 0 atom stereocenters. The smallest absolute Gasteiger partial charge is 0.220 e. The van der Waals surface area contributed by atoms with Crippen LogP contribution in [0.25, 0.3) is 0 Å². The van der Waals surface area contributed by atoms with Crippen LogP contribution in [0.3, 0.4) is 0 Å². The average molecular weight is 280 g/mol. The average Bonchev–Trinajstić information content (AvgIpc) is 2.49. The summed E-state index contributed by atoms with van der Waals surface area (Å²) in [5, 5.41) is 3.27. The second-order valence-corrected chi connectivity index (χ2v) is 7.02. The minimum absolute atomic E-state index is 0.293. The predicted molar refractivity (Wildman–Crippen MR) is 83.3 cm³/mol. The minimum atomic E-state index is 0.293. The fourth-order valence-electron chi connectivity index (χ4n) is 3.94. The van der Waals surface area contributed by atoms with Gasteiger partial charge in [-0.15, -0.1) is 0 Å². The normalized spacial score (nSPS) is 34.7. The van der Waals surface area contributed by atoms with Crippen LogP contribution in [0.4, 0.5) is 0 Å². The molecule has 2 aliphatic carbocycles. The Bertz CT molecular complexity index is 261. The molecule has 0 spiro atoms. The third-order valence-electron chi connectivity index (χ3n) is 5.56. The third kappa shape index (κ3) is 4.76. The Balaban J connectivity index is 1.63. The largest absolute Gasteiger partial charge is 0.353 e. The first kappa shape index (κ1) is 15.8. The number of amides is 1. The van der Waals surface area contributed by atoms with Gasteiger partial charge >= 0.3 is 0 Å². The highest BCUT2D eigenvalue weighted by Gasteiger charge is 2.25.